The molecule has 1 aliphatic heterocycles. The Kier molecular flexibility index (Phi) is 16.4. The molecule has 13 nitrogen and oxygen atoms in total. The average Bonchev–Trinajstić information content (AvgIpc) is 3.78. The maximum atomic E-state index is 9.72. The van der Waals surface area contributed by atoms with Crippen LogP contribution in [0.25, 0.3) is 0 Å². The molecule has 13 heteroatoms. The molecule has 0 atom stereocenters. The molecule has 1 aromatic carbocycles. The second-order valence-electron chi connectivity index (χ2n) is 13.6. The predicted octanol–water partition coefficient (Wildman–Crippen LogP) is 8.38. The van der Waals surface area contributed by atoms with Crippen LogP contribution in [0.3, 0.4) is 0 Å². The Hall–Kier alpha value is -4.78. The van der Waals surface area contributed by atoms with E-state index in [1.165, 1.54) is 103 Å². The number of aryl methyl sites for hydroxylation is 2. The standard InChI is InChI=1S/C38H57N13/c1-3-5-7-9-11-13-15-17-19-21-23-50-35(41)46-37(48-50)44-33-31-25-29(27-39)30(28-40)26-32(31)34(43-33)45-38-47-36(42)51(49-38)24-22-20-18-16-14-12-10-8-6-4-2/h25-26H,3-24H2,1-2H3,(H5,41,42,43,44,45,46,47,48,49). The highest BCUT2D eigenvalue weighted by atomic mass is 15.4. The number of hydrogen-bond donors (Lipinski definition) is 3. The SMILES string of the molecule is CCCCCCCCCCCCn1nc(/N=C2\N/C(=N\c3nc(N)n(CCCCCCCCCCCC)n3)c3cc(C#N)c(C#N)cc32)nc1N. The van der Waals surface area contributed by atoms with Gasteiger partial charge in [0.05, 0.1) is 11.1 Å². The summed E-state index contributed by atoms with van der Waals surface area (Å²) >= 11 is 0. The molecule has 2 aromatic heterocycles. The number of aromatic nitrogens is 6. The third-order valence-corrected chi connectivity index (χ3v) is 9.39. The number of anilines is 2. The smallest absolute Gasteiger partial charge is 0.272 e. The first-order chi connectivity index (χ1) is 25.0. The van der Waals surface area contributed by atoms with Crippen molar-refractivity contribution in [2.24, 2.45) is 9.98 Å². The quantitative estimate of drug-likeness (QED) is 0.0770. The molecule has 0 fully saturated rings. The fourth-order valence-electron chi connectivity index (χ4n) is 6.40. The van der Waals surface area contributed by atoms with E-state index >= 15 is 0 Å². The molecule has 0 saturated heterocycles. The van der Waals surface area contributed by atoms with Gasteiger partial charge < -0.3 is 16.8 Å². The molecule has 0 saturated carbocycles. The number of nitrogens with zero attached hydrogens (tertiary/aromatic N) is 10. The zero-order chi connectivity index (χ0) is 36.3. The number of nitrogen functional groups attached to an aromatic ring is 2. The number of nitriles is 2. The largest absolute Gasteiger partial charge is 0.368 e. The first-order valence-electron chi connectivity index (χ1n) is 19.3. The van der Waals surface area contributed by atoms with Crippen LogP contribution in [-0.4, -0.2) is 41.2 Å². The molecule has 4 rings (SSSR count). The number of benzene rings is 1. The fraction of sp³-hybridized carbons (Fsp3) is 0.632. The van der Waals surface area contributed by atoms with Crippen LogP contribution in [0.4, 0.5) is 23.8 Å². The van der Waals surface area contributed by atoms with E-state index in [4.69, 9.17) is 11.5 Å². The predicted molar refractivity (Wildman–Crippen MR) is 204 cm³/mol. The van der Waals surface area contributed by atoms with Crippen LogP contribution in [0, 0.1) is 22.7 Å². The summed E-state index contributed by atoms with van der Waals surface area (Å²) in [6.07, 6.45) is 24.9. The van der Waals surface area contributed by atoms with Gasteiger partial charge >= 0.3 is 0 Å². The molecule has 0 unspecified atom stereocenters. The number of rotatable bonds is 24. The molecule has 3 aromatic rings. The summed E-state index contributed by atoms with van der Waals surface area (Å²) < 4.78 is 3.37. The van der Waals surface area contributed by atoms with Crippen LogP contribution in [0.5, 0.6) is 0 Å². The minimum Gasteiger partial charge on any atom is -0.368 e. The normalized spacial score (nSPS) is 13.8. The molecule has 0 bridgehead atoms. The molecule has 0 spiro atoms. The monoisotopic (exact) mass is 695 g/mol. The van der Waals surface area contributed by atoms with Crippen molar-refractivity contribution in [3.05, 3.63) is 34.4 Å². The summed E-state index contributed by atoms with van der Waals surface area (Å²) in [7, 11) is 0. The van der Waals surface area contributed by atoms with Crippen molar-refractivity contribution < 1.29 is 0 Å². The van der Waals surface area contributed by atoms with Crippen LogP contribution in [0.2, 0.25) is 0 Å². The highest BCUT2D eigenvalue weighted by Gasteiger charge is 2.27. The number of unbranched alkanes of at least 4 members (excludes halogenated alkanes) is 18. The molecule has 5 N–H and O–H groups in total. The number of nitrogens with one attached hydrogen (secondary N) is 1. The summed E-state index contributed by atoms with van der Waals surface area (Å²) in [5, 5.41) is 31.7. The van der Waals surface area contributed by atoms with Crippen molar-refractivity contribution in [3.8, 4) is 12.1 Å². The zero-order valence-corrected chi connectivity index (χ0v) is 30.8. The minimum atomic E-state index is 0.195. The van der Waals surface area contributed by atoms with E-state index < -0.39 is 0 Å². The lowest BCUT2D eigenvalue weighted by atomic mass is 10.0. The van der Waals surface area contributed by atoms with Gasteiger partial charge in [0.2, 0.25) is 11.9 Å². The Morgan fingerprint density at radius 3 is 1.24 bits per heavy atom. The van der Waals surface area contributed by atoms with Crippen molar-refractivity contribution in [2.75, 3.05) is 11.5 Å². The Labute approximate surface area is 303 Å². The molecule has 1 aliphatic rings. The van der Waals surface area contributed by atoms with Gasteiger partial charge in [-0.05, 0) is 25.0 Å². The molecular weight excluding hydrogens is 639 g/mol. The van der Waals surface area contributed by atoms with Crippen molar-refractivity contribution in [2.45, 2.75) is 155 Å². The minimum absolute atomic E-state index is 0.195. The number of aliphatic imine (C=N–C) groups is 2. The van der Waals surface area contributed by atoms with E-state index in [9.17, 15) is 10.5 Å². The van der Waals surface area contributed by atoms with Gasteiger partial charge in [0.1, 0.15) is 23.8 Å². The van der Waals surface area contributed by atoms with E-state index in [2.05, 4.69) is 61.5 Å². The van der Waals surface area contributed by atoms with Gasteiger partial charge in [-0.3, -0.25) is 0 Å². The lowest BCUT2D eigenvalue weighted by Gasteiger charge is -2.03. The maximum absolute atomic E-state index is 9.72. The van der Waals surface area contributed by atoms with E-state index in [1.807, 2.05) is 0 Å². The average molecular weight is 696 g/mol. The third kappa shape index (κ3) is 12.2. The Balaban J connectivity index is 1.37. The van der Waals surface area contributed by atoms with Gasteiger partial charge in [-0.15, -0.1) is 10.2 Å². The van der Waals surface area contributed by atoms with Gasteiger partial charge in [0.25, 0.3) is 11.9 Å². The van der Waals surface area contributed by atoms with Gasteiger partial charge in [-0.2, -0.15) is 30.5 Å². The van der Waals surface area contributed by atoms with Crippen LogP contribution in [-0.2, 0) is 13.1 Å². The van der Waals surface area contributed by atoms with E-state index in [-0.39, 0.29) is 23.0 Å². The van der Waals surface area contributed by atoms with E-state index in [0.29, 0.717) is 47.8 Å². The number of amidine groups is 2. The van der Waals surface area contributed by atoms with Crippen LogP contribution < -0.4 is 16.8 Å². The van der Waals surface area contributed by atoms with Crippen molar-refractivity contribution in [1.29, 1.82) is 10.5 Å². The number of nitrogens with two attached hydrogens (primary N) is 2. The molecule has 0 aliphatic carbocycles. The van der Waals surface area contributed by atoms with Crippen molar-refractivity contribution in [1.82, 2.24) is 34.8 Å². The number of hydrogen-bond acceptors (Lipinski definition) is 10. The number of fused-ring (bicyclic) bond motifs is 1. The summed E-state index contributed by atoms with van der Waals surface area (Å²) in [5.74, 6) is 1.75. The molecular formula is C38H57N13. The molecule has 3 heterocycles. The Morgan fingerprint density at radius 2 is 0.902 bits per heavy atom. The zero-order valence-electron chi connectivity index (χ0n) is 30.8. The highest BCUT2D eigenvalue weighted by molar-refractivity contribution is 6.26. The molecule has 0 amide bonds. The summed E-state index contributed by atoms with van der Waals surface area (Å²) in [5.41, 5.74) is 14.1. The van der Waals surface area contributed by atoms with Gasteiger partial charge in [0, 0.05) is 24.2 Å². The van der Waals surface area contributed by atoms with Crippen LogP contribution in [0.1, 0.15) is 165 Å². The van der Waals surface area contributed by atoms with Crippen molar-refractivity contribution in [3.63, 3.8) is 0 Å². The summed E-state index contributed by atoms with van der Waals surface area (Å²) in [4.78, 5) is 18.1. The summed E-state index contributed by atoms with van der Waals surface area (Å²) in [6, 6.07) is 7.45. The molecule has 0 radical (unpaired) electrons. The highest BCUT2D eigenvalue weighted by Crippen LogP contribution is 2.25. The first-order valence-corrected chi connectivity index (χ1v) is 19.3. The Bertz CT molecular complexity index is 1550. The van der Waals surface area contributed by atoms with E-state index in [1.54, 1.807) is 21.5 Å². The van der Waals surface area contributed by atoms with Gasteiger partial charge in [0.15, 0.2) is 0 Å². The fourth-order valence-corrected chi connectivity index (χ4v) is 6.40. The van der Waals surface area contributed by atoms with Gasteiger partial charge in [-0.25, -0.2) is 9.36 Å². The Morgan fingerprint density at radius 1 is 0.569 bits per heavy atom. The topological polar surface area (TPSA) is 198 Å². The second kappa shape index (κ2) is 21.4. The summed E-state index contributed by atoms with van der Waals surface area (Å²) in [6.45, 7) is 5.82. The van der Waals surface area contributed by atoms with E-state index in [0.717, 1.165) is 25.7 Å². The second-order valence-corrected chi connectivity index (χ2v) is 13.6. The van der Waals surface area contributed by atoms with Crippen molar-refractivity contribution >= 4 is 35.5 Å². The van der Waals surface area contributed by atoms with Gasteiger partial charge in [-0.1, -0.05) is 129 Å². The third-order valence-electron chi connectivity index (χ3n) is 9.39. The lowest BCUT2D eigenvalue weighted by molar-refractivity contribution is 0.519. The molecule has 51 heavy (non-hydrogen) atoms. The molecule has 274 valence electrons. The van der Waals surface area contributed by atoms with Crippen LogP contribution >= 0.6 is 0 Å². The maximum Gasteiger partial charge on any atom is 0.272 e. The lowest BCUT2D eigenvalue weighted by Crippen LogP contribution is -2.22. The first kappa shape index (κ1) is 39.0. The van der Waals surface area contributed by atoms with Crippen LogP contribution in [0.15, 0.2) is 22.1 Å².